The van der Waals surface area contributed by atoms with Crippen molar-refractivity contribution in [3.63, 3.8) is 0 Å². The van der Waals surface area contributed by atoms with Crippen LogP contribution in [0.15, 0.2) is 47.4 Å². The first-order chi connectivity index (χ1) is 22.4. The first-order valence-corrected chi connectivity index (χ1v) is 18.4. The van der Waals surface area contributed by atoms with Gasteiger partial charge in [-0.1, -0.05) is 37.3 Å². The van der Waals surface area contributed by atoms with Gasteiger partial charge in [0.1, 0.15) is 5.75 Å². The van der Waals surface area contributed by atoms with Gasteiger partial charge in [0.15, 0.2) is 11.4 Å². The van der Waals surface area contributed by atoms with Crippen molar-refractivity contribution in [2.24, 2.45) is 11.8 Å². The van der Waals surface area contributed by atoms with Crippen LogP contribution in [-0.4, -0.2) is 103 Å². The van der Waals surface area contributed by atoms with Gasteiger partial charge < -0.3 is 29.7 Å². The molecule has 0 bridgehead atoms. The predicted octanol–water partition coefficient (Wildman–Crippen LogP) is 4.88. The second kappa shape index (κ2) is 15.0. The first-order valence-electron chi connectivity index (χ1n) is 16.1. The number of amides is 1. The molecule has 14 heteroatoms. The van der Waals surface area contributed by atoms with Gasteiger partial charge in [-0.2, -0.15) is 4.31 Å². The Bertz CT molecular complexity index is 1630. The number of nitrogens with one attached hydrogen (secondary N) is 1. The molecule has 3 N–H and O–H groups in total. The first kappa shape index (κ1) is 35.3. The van der Waals surface area contributed by atoms with E-state index in [4.69, 9.17) is 14.2 Å². The lowest BCUT2D eigenvalue weighted by atomic mass is 9.88. The topological polar surface area (TPSA) is 151 Å². The average Bonchev–Trinajstić information content (AvgIpc) is 3.66. The third-order valence-corrected chi connectivity index (χ3v) is 11.4. The summed E-state index contributed by atoms with van der Waals surface area (Å²) in [6.07, 6.45) is -1.84. The van der Waals surface area contributed by atoms with Gasteiger partial charge in [0.2, 0.25) is 10.0 Å². The number of carboxylic acid groups (broad SMARTS) is 1. The highest BCUT2D eigenvalue weighted by molar-refractivity contribution is 7.89. The second-order valence-electron chi connectivity index (χ2n) is 13.0. The van der Waals surface area contributed by atoms with E-state index in [1.807, 2.05) is 39.8 Å². The van der Waals surface area contributed by atoms with Crippen LogP contribution in [0.25, 0.3) is 10.2 Å². The Labute approximate surface area is 280 Å². The second-order valence-corrected chi connectivity index (χ2v) is 15.9. The SMILES string of the molecule is COc1cccc(C[C@@H]([C@H](O)CN(CC(C)C)S(=O)(=O)c2ccc3nc(NC(C)C)sc3c2)N(C(=O)O)[C@H]2CCO[C@H]3OCC[C@H]32)c1. The van der Waals surface area contributed by atoms with E-state index in [-0.39, 0.29) is 42.3 Å². The van der Waals surface area contributed by atoms with Gasteiger partial charge in [-0.25, -0.2) is 18.2 Å². The average molecular weight is 691 g/mol. The molecule has 3 heterocycles. The van der Waals surface area contributed by atoms with Crippen molar-refractivity contribution in [1.29, 1.82) is 0 Å². The van der Waals surface area contributed by atoms with Gasteiger partial charge in [0.25, 0.3) is 0 Å². The predicted molar refractivity (Wildman–Crippen MR) is 181 cm³/mol. The van der Waals surface area contributed by atoms with E-state index in [2.05, 4.69) is 10.3 Å². The normalized spacial score (nSPS) is 21.3. The molecular formula is C33H46N4O8S2. The number of sulfonamides is 1. The number of ether oxygens (including phenoxy) is 3. The highest BCUT2D eigenvalue weighted by Crippen LogP contribution is 2.36. The zero-order valence-corrected chi connectivity index (χ0v) is 29.2. The Balaban J connectivity index is 1.49. The van der Waals surface area contributed by atoms with Crippen LogP contribution in [0, 0.1) is 11.8 Å². The van der Waals surface area contributed by atoms with Crippen molar-refractivity contribution in [3.8, 4) is 5.75 Å². The summed E-state index contributed by atoms with van der Waals surface area (Å²) in [7, 11) is -2.54. The number of aliphatic hydroxyl groups is 1. The number of hydrogen-bond acceptors (Lipinski definition) is 10. The van der Waals surface area contributed by atoms with E-state index in [9.17, 15) is 23.4 Å². The summed E-state index contributed by atoms with van der Waals surface area (Å²) in [5, 5.41) is 26.7. The highest BCUT2D eigenvalue weighted by Gasteiger charge is 2.47. The lowest BCUT2D eigenvalue weighted by molar-refractivity contribution is -0.172. The molecular weight excluding hydrogens is 645 g/mol. The van der Waals surface area contributed by atoms with E-state index in [0.29, 0.717) is 42.5 Å². The molecule has 258 valence electrons. The zero-order chi connectivity index (χ0) is 33.9. The lowest BCUT2D eigenvalue weighted by Crippen LogP contribution is -2.59. The Morgan fingerprint density at radius 3 is 2.53 bits per heavy atom. The van der Waals surface area contributed by atoms with Crippen LogP contribution in [0.4, 0.5) is 9.93 Å². The van der Waals surface area contributed by atoms with Gasteiger partial charge in [0, 0.05) is 31.1 Å². The van der Waals surface area contributed by atoms with Crippen LogP contribution in [0.1, 0.15) is 46.1 Å². The van der Waals surface area contributed by atoms with Crippen LogP contribution < -0.4 is 10.1 Å². The molecule has 0 radical (unpaired) electrons. The maximum Gasteiger partial charge on any atom is 0.407 e. The molecule has 2 saturated heterocycles. The summed E-state index contributed by atoms with van der Waals surface area (Å²) >= 11 is 1.38. The summed E-state index contributed by atoms with van der Waals surface area (Å²) < 4.78 is 47.5. The maximum absolute atomic E-state index is 14.3. The molecule has 3 aromatic rings. The van der Waals surface area contributed by atoms with Crippen LogP contribution in [0.5, 0.6) is 5.75 Å². The van der Waals surface area contributed by atoms with Crippen molar-refractivity contribution in [1.82, 2.24) is 14.2 Å². The number of rotatable bonds is 14. The number of nitrogens with zero attached hydrogens (tertiary/aromatic N) is 3. The summed E-state index contributed by atoms with van der Waals surface area (Å²) in [4.78, 5) is 19.1. The smallest absolute Gasteiger partial charge is 0.407 e. The molecule has 0 spiro atoms. The fourth-order valence-electron chi connectivity index (χ4n) is 6.51. The van der Waals surface area contributed by atoms with Gasteiger partial charge in [-0.15, -0.1) is 0 Å². The fraction of sp³-hybridized carbons (Fsp3) is 0.576. The molecule has 5 atom stereocenters. The van der Waals surface area contributed by atoms with Crippen molar-refractivity contribution >= 4 is 42.8 Å². The molecule has 12 nitrogen and oxygen atoms in total. The molecule has 0 unspecified atom stereocenters. The number of hydrogen-bond donors (Lipinski definition) is 3. The number of anilines is 1. The monoisotopic (exact) mass is 690 g/mol. The van der Waals surface area contributed by atoms with Crippen molar-refractivity contribution in [2.75, 3.05) is 38.7 Å². The summed E-state index contributed by atoms with van der Waals surface area (Å²) in [5.74, 6) is 0.337. The Morgan fingerprint density at radius 2 is 1.85 bits per heavy atom. The van der Waals surface area contributed by atoms with Gasteiger partial charge >= 0.3 is 6.09 Å². The van der Waals surface area contributed by atoms with Crippen molar-refractivity contribution in [3.05, 3.63) is 48.0 Å². The molecule has 2 fully saturated rings. The van der Waals surface area contributed by atoms with E-state index in [1.165, 1.54) is 26.6 Å². The van der Waals surface area contributed by atoms with E-state index in [0.717, 1.165) is 10.3 Å². The van der Waals surface area contributed by atoms with Crippen LogP contribution in [0.2, 0.25) is 0 Å². The molecule has 2 aliphatic rings. The minimum atomic E-state index is -4.09. The third kappa shape index (κ3) is 8.18. The number of carbonyl (C=O) groups is 1. The molecule has 0 aliphatic carbocycles. The standard InChI is InChI=1S/C33H46N4O8S2/c1-20(2)18-36(47(41,42)24-9-10-26-30(17-24)46-32(35-26)34-21(3)4)19-29(38)28(16-22-7-6-8-23(15-22)43-5)37(33(39)40)27-12-14-45-31-25(27)11-13-44-31/h6-10,15,17,20-21,25,27-29,31,38H,11-14,16,18-19H2,1-5H3,(H,34,35)(H,39,40)/t25-,27-,28-,29+,31+/m0/s1. The van der Waals surface area contributed by atoms with Crippen LogP contribution >= 0.6 is 11.3 Å². The fourth-order valence-corrected chi connectivity index (χ4v) is 9.29. The minimum Gasteiger partial charge on any atom is -0.497 e. The quantitative estimate of drug-likeness (QED) is 0.214. The number of thiazole rings is 1. The number of methoxy groups -OCH3 is 1. The summed E-state index contributed by atoms with van der Waals surface area (Å²) in [5.41, 5.74) is 1.44. The van der Waals surface area contributed by atoms with Gasteiger partial charge in [-0.05, 0) is 74.9 Å². The largest absolute Gasteiger partial charge is 0.497 e. The van der Waals surface area contributed by atoms with Crippen molar-refractivity contribution in [2.45, 2.75) is 82.4 Å². The van der Waals surface area contributed by atoms with Crippen molar-refractivity contribution < 1.29 is 37.6 Å². The zero-order valence-electron chi connectivity index (χ0n) is 27.5. The number of aromatic nitrogens is 1. The maximum atomic E-state index is 14.3. The Hall–Kier alpha value is -3.01. The number of fused-ring (bicyclic) bond motifs is 2. The number of benzene rings is 2. The molecule has 47 heavy (non-hydrogen) atoms. The molecule has 2 aromatic carbocycles. The van der Waals surface area contributed by atoms with Crippen LogP contribution in [0.3, 0.4) is 0 Å². The van der Waals surface area contributed by atoms with Gasteiger partial charge in [-0.3, -0.25) is 4.90 Å². The molecule has 2 aliphatic heterocycles. The van der Waals surface area contributed by atoms with E-state index < -0.39 is 40.6 Å². The summed E-state index contributed by atoms with van der Waals surface area (Å²) in [6, 6.07) is 10.8. The van der Waals surface area contributed by atoms with E-state index >= 15 is 0 Å². The lowest BCUT2D eigenvalue weighted by Gasteiger charge is -2.44. The van der Waals surface area contributed by atoms with Gasteiger partial charge in [0.05, 0.1) is 47.6 Å². The Kier molecular flexibility index (Phi) is 11.3. The molecule has 1 amide bonds. The third-order valence-electron chi connectivity index (χ3n) is 8.60. The molecule has 1 aromatic heterocycles. The van der Waals surface area contributed by atoms with Crippen LogP contribution in [-0.2, 0) is 25.9 Å². The minimum absolute atomic E-state index is 0.0646. The highest BCUT2D eigenvalue weighted by atomic mass is 32.2. The van der Waals surface area contributed by atoms with E-state index in [1.54, 1.807) is 31.4 Å². The molecule has 5 rings (SSSR count). The number of aliphatic hydroxyl groups excluding tert-OH is 1. The summed E-state index contributed by atoms with van der Waals surface area (Å²) in [6.45, 7) is 8.44. The molecule has 0 saturated carbocycles. The Morgan fingerprint density at radius 1 is 1.11 bits per heavy atom.